The van der Waals surface area contributed by atoms with Gasteiger partial charge in [-0.2, -0.15) is 0 Å². The zero-order valence-electron chi connectivity index (χ0n) is 34.9. The number of unbranched alkanes of at least 4 members (excludes halogenated alkanes) is 1. The lowest BCUT2D eigenvalue weighted by Gasteiger charge is -2.12. The van der Waals surface area contributed by atoms with Crippen LogP contribution >= 0.6 is 0 Å². The Morgan fingerprint density at radius 1 is 0.492 bits per heavy atom. The van der Waals surface area contributed by atoms with E-state index in [9.17, 15) is 0 Å². The predicted octanol–water partition coefficient (Wildman–Crippen LogP) is 16.8. The number of benzene rings is 8. The molecule has 0 N–H and O–H groups in total. The molecule has 0 bridgehead atoms. The van der Waals surface area contributed by atoms with Gasteiger partial charge >= 0.3 is 0 Å². The first-order chi connectivity index (χ1) is 30.1. The van der Waals surface area contributed by atoms with Gasteiger partial charge in [0.1, 0.15) is 11.2 Å². The SMILES string of the molecule is CCC/C=C(\N=C(/CC/C(C)=C\c1ccc(-c2ccc(-c3ccccc3)cc2)cc1)c1ccccc1)c1cccc2oc3ccc(-c4ccc(-c5ccccc5)cc4)cc3c12. The monoisotopic (exact) mass is 787 g/mol. The van der Waals surface area contributed by atoms with Gasteiger partial charge < -0.3 is 4.42 Å². The standard InChI is InChI=1S/C59H49NO/c1-3-4-22-56(53-21-14-23-58-59(53)54-41-52(37-39-57(54)61-58)50-35-33-48(34-36-50)45-17-10-6-11-18-45)60-55(51-19-12-7-13-20-51)38-24-42(2)40-43-25-27-46(28-26-43)49-31-29-47(30-32-49)44-15-8-5-9-16-44/h5-23,25-37,39-41H,3-4,24,38H2,1-2H3/b42-40-,56-22-,60-55+. The van der Waals surface area contributed by atoms with Crippen LogP contribution in [0.5, 0.6) is 0 Å². The molecule has 0 spiro atoms. The van der Waals surface area contributed by atoms with Gasteiger partial charge in [-0.05, 0) is 100 Å². The Kier molecular flexibility index (Phi) is 11.8. The summed E-state index contributed by atoms with van der Waals surface area (Å²) < 4.78 is 6.51. The van der Waals surface area contributed by atoms with E-state index < -0.39 is 0 Å². The van der Waals surface area contributed by atoms with Crippen LogP contribution in [0.1, 0.15) is 56.2 Å². The number of nitrogens with zero attached hydrogens (tertiary/aromatic N) is 1. The maximum Gasteiger partial charge on any atom is 0.136 e. The van der Waals surface area contributed by atoms with Crippen LogP contribution in [-0.2, 0) is 0 Å². The molecule has 2 nitrogen and oxygen atoms in total. The van der Waals surface area contributed by atoms with Gasteiger partial charge in [-0.1, -0.05) is 213 Å². The second-order valence-corrected chi connectivity index (χ2v) is 15.8. The van der Waals surface area contributed by atoms with Crippen molar-refractivity contribution in [2.75, 3.05) is 0 Å². The summed E-state index contributed by atoms with van der Waals surface area (Å²) in [6.07, 6.45) is 8.28. The van der Waals surface area contributed by atoms with Gasteiger partial charge in [-0.3, -0.25) is 4.99 Å². The summed E-state index contributed by atoms with van der Waals surface area (Å²) in [4.78, 5) is 5.57. The number of allylic oxidation sites excluding steroid dienone is 2. The number of hydrogen-bond acceptors (Lipinski definition) is 2. The summed E-state index contributed by atoms with van der Waals surface area (Å²) >= 11 is 0. The highest BCUT2D eigenvalue weighted by Gasteiger charge is 2.16. The van der Waals surface area contributed by atoms with Gasteiger partial charge in [0.25, 0.3) is 0 Å². The van der Waals surface area contributed by atoms with E-state index >= 15 is 0 Å². The third-order valence-corrected chi connectivity index (χ3v) is 11.5. The van der Waals surface area contributed by atoms with Crippen molar-refractivity contribution >= 4 is 39.4 Å². The number of rotatable bonds is 13. The Hall–Kier alpha value is -7.29. The van der Waals surface area contributed by atoms with E-state index in [1.54, 1.807) is 0 Å². The fraction of sp³-hybridized carbons (Fsp3) is 0.102. The van der Waals surface area contributed by atoms with Crippen LogP contribution in [0.2, 0.25) is 0 Å². The molecule has 0 saturated carbocycles. The Morgan fingerprint density at radius 2 is 1.00 bits per heavy atom. The molecule has 0 aliphatic carbocycles. The Bertz CT molecular complexity index is 2970. The lowest BCUT2D eigenvalue weighted by atomic mass is 9.97. The molecular weight excluding hydrogens is 739 g/mol. The van der Waals surface area contributed by atoms with Crippen LogP contribution in [0.15, 0.2) is 221 Å². The molecule has 0 atom stereocenters. The summed E-state index contributed by atoms with van der Waals surface area (Å²) in [7, 11) is 0. The van der Waals surface area contributed by atoms with Crippen molar-refractivity contribution in [1.82, 2.24) is 0 Å². The van der Waals surface area contributed by atoms with Crippen LogP contribution in [0.25, 0.3) is 78.2 Å². The van der Waals surface area contributed by atoms with E-state index in [1.807, 2.05) is 0 Å². The number of furan rings is 1. The van der Waals surface area contributed by atoms with Crippen LogP contribution in [0.3, 0.4) is 0 Å². The lowest BCUT2D eigenvalue weighted by molar-refractivity contribution is 0.669. The van der Waals surface area contributed by atoms with Crippen molar-refractivity contribution in [3.63, 3.8) is 0 Å². The highest BCUT2D eigenvalue weighted by molar-refractivity contribution is 6.12. The Labute approximate surface area is 359 Å². The molecule has 0 fully saturated rings. The fourth-order valence-electron chi connectivity index (χ4n) is 8.17. The van der Waals surface area contributed by atoms with Crippen LogP contribution < -0.4 is 0 Å². The first kappa shape index (κ1) is 39.2. The molecule has 0 radical (unpaired) electrons. The van der Waals surface area contributed by atoms with Gasteiger partial charge in [-0.15, -0.1) is 0 Å². The highest BCUT2D eigenvalue weighted by atomic mass is 16.3. The quantitative estimate of drug-likeness (QED) is 0.107. The van der Waals surface area contributed by atoms with E-state index in [2.05, 4.69) is 226 Å². The van der Waals surface area contributed by atoms with Crippen LogP contribution in [-0.4, -0.2) is 5.71 Å². The molecule has 8 aromatic carbocycles. The predicted molar refractivity (Wildman–Crippen MR) is 261 cm³/mol. The molecule has 1 aromatic heterocycles. The number of hydrogen-bond donors (Lipinski definition) is 0. The van der Waals surface area contributed by atoms with E-state index in [-0.39, 0.29) is 0 Å². The fourth-order valence-corrected chi connectivity index (χ4v) is 8.17. The van der Waals surface area contributed by atoms with Crippen LogP contribution in [0.4, 0.5) is 0 Å². The lowest BCUT2D eigenvalue weighted by Crippen LogP contribution is -2.02. The van der Waals surface area contributed by atoms with E-state index in [0.717, 1.165) is 75.7 Å². The molecule has 0 aliphatic rings. The van der Waals surface area contributed by atoms with Gasteiger partial charge in [-0.25, -0.2) is 0 Å². The van der Waals surface area contributed by atoms with Gasteiger partial charge in [0, 0.05) is 22.0 Å². The van der Waals surface area contributed by atoms with Crippen LogP contribution in [0, 0.1) is 0 Å². The van der Waals surface area contributed by atoms with Gasteiger partial charge in [0.05, 0.1) is 5.70 Å². The molecule has 9 aromatic rings. The molecule has 2 heteroatoms. The zero-order chi connectivity index (χ0) is 41.4. The minimum absolute atomic E-state index is 0.812. The second-order valence-electron chi connectivity index (χ2n) is 15.8. The van der Waals surface area contributed by atoms with Crippen molar-refractivity contribution in [2.24, 2.45) is 4.99 Å². The van der Waals surface area contributed by atoms with Crippen molar-refractivity contribution in [2.45, 2.75) is 39.5 Å². The maximum atomic E-state index is 6.51. The average Bonchev–Trinajstić information content (AvgIpc) is 3.71. The van der Waals surface area contributed by atoms with E-state index in [0.29, 0.717) is 0 Å². The minimum Gasteiger partial charge on any atom is -0.456 e. The van der Waals surface area contributed by atoms with E-state index in [4.69, 9.17) is 9.41 Å². The van der Waals surface area contributed by atoms with E-state index in [1.165, 1.54) is 50.1 Å². The first-order valence-corrected chi connectivity index (χ1v) is 21.5. The van der Waals surface area contributed by atoms with Crippen molar-refractivity contribution in [3.05, 3.63) is 229 Å². The minimum atomic E-state index is 0.812. The maximum absolute atomic E-state index is 6.51. The van der Waals surface area contributed by atoms with Gasteiger partial charge in [0.15, 0.2) is 0 Å². The molecule has 1 heterocycles. The summed E-state index contributed by atoms with van der Waals surface area (Å²) in [6, 6.07) is 71.2. The largest absolute Gasteiger partial charge is 0.456 e. The highest BCUT2D eigenvalue weighted by Crippen LogP contribution is 2.38. The average molecular weight is 788 g/mol. The molecule has 296 valence electrons. The number of aliphatic imine (C=N–C) groups is 1. The normalized spacial score (nSPS) is 12.3. The summed E-state index contributed by atoms with van der Waals surface area (Å²) in [5.74, 6) is 0. The third kappa shape index (κ3) is 9.00. The Morgan fingerprint density at radius 3 is 1.57 bits per heavy atom. The molecule has 0 unspecified atom stereocenters. The smallest absolute Gasteiger partial charge is 0.136 e. The summed E-state index contributed by atoms with van der Waals surface area (Å²) in [6.45, 7) is 4.46. The molecule has 0 saturated heterocycles. The van der Waals surface area contributed by atoms with Crippen molar-refractivity contribution in [3.8, 4) is 44.5 Å². The summed E-state index contributed by atoms with van der Waals surface area (Å²) in [5.41, 5.74) is 18.2. The molecular formula is C59H49NO. The first-order valence-electron chi connectivity index (χ1n) is 21.5. The summed E-state index contributed by atoms with van der Waals surface area (Å²) in [5, 5.41) is 2.20. The third-order valence-electron chi connectivity index (χ3n) is 11.5. The molecule has 61 heavy (non-hydrogen) atoms. The second kappa shape index (κ2) is 18.3. The molecule has 0 amide bonds. The topological polar surface area (TPSA) is 25.5 Å². The van der Waals surface area contributed by atoms with Gasteiger partial charge in [0.2, 0.25) is 0 Å². The molecule has 0 aliphatic heterocycles. The van der Waals surface area contributed by atoms with Crippen molar-refractivity contribution < 1.29 is 4.42 Å². The zero-order valence-corrected chi connectivity index (χ0v) is 34.9. The number of fused-ring (bicyclic) bond motifs is 3. The Balaban J connectivity index is 0.996. The molecule has 9 rings (SSSR count). The van der Waals surface area contributed by atoms with Crippen molar-refractivity contribution in [1.29, 1.82) is 0 Å².